The second-order valence-electron chi connectivity index (χ2n) is 5.93. The molecule has 0 unspecified atom stereocenters. The van der Waals surface area contributed by atoms with Crippen molar-refractivity contribution in [2.24, 2.45) is 0 Å². The number of halogens is 1. The van der Waals surface area contributed by atoms with Crippen LogP contribution in [0.3, 0.4) is 0 Å². The van der Waals surface area contributed by atoms with Crippen LogP contribution in [-0.4, -0.2) is 9.38 Å². The van der Waals surface area contributed by atoms with Gasteiger partial charge in [-0.1, -0.05) is 41.9 Å². The SMILES string of the molecule is O=c1cc(CNc2ccccc2Oc2ccccc2)nc2ccc(Cl)cn12. The summed E-state index contributed by atoms with van der Waals surface area (Å²) in [5.41, 5.74) is 1.84. The molecule has 0 bridgehead atoms. The van der Waals surface area contributed by atoms with Gasteiger partial charge in [-0.15, -0.1) is 0 Å². The van der Waals surface area contributed by atoms with Crippen molar-refractivity contribution in [3.63, 3.8) is 0 Å². The molecule has 2 aromatic carbocycles. The van der Waals surface area contributed by atoms with E-state index in [4.69, 9.17) is 16.3 Å². The Kier molecular flexibility index (Phi) is 4.77. The molecule has 4 rings (SSSR count). The van der Waals surface area contributed by atoms with E-state index in [1.807, 2.05) is 54.6 Å². The fourth-order valence-electron chi connectivity index (χ4n) is 2.72. The maximum absolute atomic E-state index is 12.3. The molecule has 5 nitrogen and oxygen atoms in total. The first kappa shape index (κ1) is 17.1. The highest BCUT2D eigenvalue weighted by Gasteiger charge is 2.07. The van der Waals surface area contributed by atoms with Crippen molar-refractivity contribution in [1.29, 1.82) is 0 Å². The fraction of sp³-hybridized carbons (Fsp3) is 0.0476. The largest absolute Gasteiger partial charge is 0.455 e. The summed E-state index contributed by atoms with van der Waals surface area (Å²) >= 11 is 5.94. The second kappa shape index (κ2) is 7.51. The van der Waals surface area contributed by atoms with Crippen LogP contribution in [0.1, 0.15) is 5.69 Å². The van der Waals surface area contributed by atoms with E-state index in [0.717, 1.165) is 11.4 Å². The highest BCUT2D eigenvalue weighted by molar-refractivity contribution is 6.30. The number of nitrogens with one attached hydrogen (secondary N) is 1. The Morgan fingerprint density at radius 2 is 1.78 bits per heavy atom. The zero-order chi connectivity index (χ0) is 18.6. The molecule has 0 amide bonds. The van der Waals surface area contributed by atoms with Gasteiger partial charge in [-0.2, -0.15) is 0 Å². The summed E-state index contributed by atoms with van der Waals surface area (Å²) in [5.74, 6) is 1.46. The smallest absolute Gasteiger partial charge is 0.258 e. The molecule has 0 fully saturated rings. The molecule has 0 saturated heterocycles. The number of rotatable bonds is 5. The molecule has 27 heavy (non-hydrogen) atoms. The molecule has 1 N–H and O–H groups in total. The molecule has 0 aliphatic heterocycles. The lowest BCUT2D eigenvalue weighted by Gasteiger charge is -2.13. The molecule has 0 aliphatic carbocycles. The van der Waals surface area contributed by atoms with Crippen molar-refractivity contribution < 1.29 is 4.74 Å². The van der Waals surface area contributed by atoms with Crippen LogP contribution in [0.25, 0.3) is 5.65 Å². The predicted molar refractivity (Wildman–Crippen MR) is 107 cm³/mol. The molecule has 0 aliphatic rings. The van der Waals surface area contributed by atoms with Gasteiger partial charge in [0.15, 0.2) is 5.75 Å². The molecule has 0 radical (unpaired) electrons. The van der Waals surface area contributed by atoms with Gasteiger partial charge < -0.3 is 10.1 Å². The lowest BCUT2D eigenvalue weighted by Crippen LogP contribution is -2.16. The lowest BCUT2D eigenvalue weighted by molar-refractivity contribution is 0.484. The summed E-state index contributed by atoms with van der Waals surface area (Å²) in [6.07, 6.45) is 1.56. The number of benzene rings is 2. The Balaban J connectivity index is 1.56. The van der Waals surface area contributed by atoms with E-state index in [9.17, 15) is 4.79 Å². The Labute approximate surface area is 160 Å². The summed E-state index contributed by atoms with van der Waals surface area (Å²) in [5, 5.41) is 3.78. The van der Waals surface area contributed by atoms with E-state index >= 15 is 0 Å². The first-order chi connectivity index (χ1) is 13.2. The number of hydrogen-bond donors (Lipinski definition) is 1. The summed E-state index contributed by atoms with van der Waals surface area (Å²) in [6, 6.07) is 22.1. The molecule has 4 aromatic rings. The third kappa shape index (κ3) is 3.93. The van der Waals surface area contributed by atoms with E-state index in [1.54, 1.807) is 18.3 Å². The number of aromatic nitrogens is 2. The molecule has 0 atom stereocenters. The maximum atomic E-state index is 12.3. The van der Waals surface area contributed by atoms with Gasteiger partial charge in [-0.25, -0.2) is 4.98 Å². The van der Waals surface area contributed by atoms with Crippen molar-refractivity contribution in [3.05, 3.63) is 100 Å². The molecule has 0 saturated carbocycles. The van der Waals surface area contributed by atoms with Crippen molar-refractivity contribution >= 4 is 22.9 Å². The molecule has 0 spiro atoms. The van der Waals surface area contributed by atoms with Crippen molar-refractivity contribution in [2.75, 3.05) is 5.32 Å². The van der Waals surface area contributed by atoms with Gasteiger partial charge in [-0.05, 0) is 36.4 Å². The van der Waals surface area contributed by atoms with Crippen LogP contribution in [0.4, 0.5) is 5.69 Å². The summed E-state index contributed by atoms with van der Waals surface area (Å²) < 4.78 is 7.37. The van der Waals surface area contributed by atoms with Crippen molar-refractivity contribution in [2.45, 2.75) is 6.54 Å². The van der Waals surface area contributed by atoms with Gasteiger partial charge in [0.25, 0.3) is 5.56 Å². The van der Waals surface area contributed by atoms with Gasteiger partial charge in [0.1, 0.15) is 11.4 Å². The normalized spacial score (nSPS) is 10.7. The molecular formula is C21H16ClN3O2. The second-order valence-corrected chi connectivity index (χ2v) is 6.36. The standard InChI is InChI=1S/C21H16ClN3O2/c22-15-10-11-20-24-16(12-21(26)25(20)14-15)13-23-18-8-4-5-9-19(18)27-17-6-2-1-3-7-17/h1-12,14,23H,13H2. The number of anilines is 1. The van der Waals surface area contributed by atoms with Crippen LogP contribution in [0.15, 0.2) is 83.8 Å². The van der Waals surface area contributed by atoms with Crippen LogP contribution in [0.2, 0.25) is 5.02 Å². The van der Waals surface area contributed by atoms with Gasteiger partial charge >= 0.3 is 0 Å². The van der Waals surface area contributed by atoms with Crippen LogP contribution in [0, 0.1) is 0 Å². The minimum atomic E-state index is -0.173. The van der Waals surface area contributed by atoms with E-state index in [2.05, 4.69) is 10.3 Å². The minimum Gasteiger partial charge on any atom is -0.455 e. The lowest BCUT2D eigenvalue weighted by atomic mass is 10.2. The zero-order valence-corrected chi connectivity index (χ0v) is 15.1. The van der Waals surface area contributed by atoms with Crippen LogP contribution in [0.5, 0.6) is 11.5 Å². The van der Waals surface area contributed by atoms with Gasteiger partial charge in [0, 0.05) is 12.3 Å². The van der Waals surface area contributed by atoms with Gasteiger partial charge in [0.05, 0.1) is 22.9 Å². The van der Waals surface area contributed by atoms with E-state index in [1.165, 1.54) is 10.5 Å². The highest BCUT2D eigenvalue weighted by Crippen LogP contribution is 2.29. The average Bonchev–Trinajstić information content (AvgIpc) is 2.69. The van der Waals surface area contributed by atoms with Crippen LogP contribution < -0.4 is 15.6 Å². The number of hydrogen-bond acceptors (Lipinski definition) is 4. The van der Waals surface area contributed by atoms with Gasteiger partial charge in [-0.3, -0.25) is 9.20 Å². The quantitative estimate of drug-likeness (QED) is 0.545. The summed E-state index contributed by atoms with van der Waals surface area (Å²) in [4.78, 5) is 16.8. The third-order valence-electron chi connectivity index (χ3n) is 3.99. The number of ether oxygens (including phenoxy) is 1. The number of fused-ring (bicyclic) bond motifs is 1. The van der Waals surface area contributed by atoms with Crippen LogP contribution in [-0.2, 0) is 6.54 Å². The number of nitrogens with zero attached hydrogens (tertiary/aromatic N) is 2. The molecular weight excluding hydrogens is 362 g/mol. The predicted octanol–water partition coefficient (Wildman–Crippen LogP) is 4.75. The van der Waals surface area contributed by atoms with Crippen LogP contribution >= 0.6 is 11.6 Å². The Morgan fingerprint density at radius 3 is 2.63 bits per heavy atom. The minimum absolute atomic E-state index is 0.173. The Hall–Kier alpha value is -3.31. The van der Waals surface area contributed by atoms with E-state index in [-0.39, 0.29) is 5.56 Å². The fourth-order valence-corrected chi connectivity index (χ4v) is 2.88. The summed E-state index contributed by atoms with van der Waals surface area (Å²) in [7, 11) is 0. The first-order valence-electron chi connectivity index (χ1n) is 8.43. The van der Waals surface area contributed by atoms with Crippen molar-refractivity contribution in [1.82, 2.24) is 9.38 Å². The van der Waals surface area contributed by atoms with Gasteiger partial charge in [0.2, 0.25) is 0 Å². The van der Waals surface area contributed by atoms with Crippen molar-refractivity contribution in [3.8, 4) is 11.5 Å². The Morgan fingerprint density at radius 1 is 1.00 bits per heavy atom. The van der Waals surface area contributed by atoms with E-state index in [0.29, 0.717) is 28.7 Å². The molecule has 6 heteroatoms. The summed E-state index contributed by atoms with van der Waals surface area (Å²) in [6.45, 7) is 0.392. The maximum Gasteiger partial charge on any atom is 0.258 e. The first-order valence-corrected chi connectivity index (χ1v) is 8.80. The third-order valence-corrected chi connectivity index (χ3v) is 4.22. The average molecular weight is 378 g/mol. The topological polar surface area (TPSA) is 55.6 Å². The molecule has 134 valence electrons. The molecule has 2 heterocycles. The van der Waals surface area contributed by atoms with E-state index < -0.39 is 0 Å². The Bertz CT molecular complexity index is 1140. The molecule has 2 aromatic heterocycles. The zero-order valence-electron chi connectivity index (χ0n) is 14.3. The monoisotopic (exact) mass is 377 g/mol. The number of pyridine rings is 1. The highest BCUT2D eigenvalue weighted by atomic mass is 35.5. The number of para-hydroxylation sites is 3.